The molecule has 136 valence electrons. The number of aryl methyl sites for hydroxylation is 1. The molecule has 1 N–H and O–H groups in total. The number of aromatic nitrogens is 2. The van der Waals surface area contributed by atoms with E-state index >= 15 is 0 Å². The topological polar surface area (TPSA) is 64.4 Å². The number of nitrogens with zero attached hydrogens (tertiary/aromatic N) is 2. The SMILES string of the molecule is Cc1nc2ccccc2c(=O)n1CC(O)COc1ccc2ccccc2c1. The Balaban J connectivity index is 1.50. The normalized spacial score (nSPS) is 12.4. The van der Waals surface area contributed by atoms with Gasteiger partial charge in [-0.2, -0.15) is 0 Å². The van der Waals surface area contributed by atoms with Gasteiger partial charge in [0.1, 0.15) is 24.3 Å². The fourth-order valence-corrected chi connectivity index (χ4v) is 3.21. The summed E-state index contributed by atoms with van der Waals surface area (Å²) in [5.74, 6) is 1.26. The van der Waals surface area contributed by atoms with Crippen LogP contribution in [-0.2, 0) is 6.54 Å². The van der Waals surface area contributed by atoms with Crippen molar-refractivity contribution in [3.05, 3.63) is 82.9 Å². The molecule has 0 aliphatic rings. The van der Waals surface area contributed by atoms with Crippen LogP contribution in [0.1, 0.15) is 5.82 Å². The molecule has 5 heteroatoms. The Bertz CT molecular complexity index is 1170. The first-order chi connectivity index (χ1) is 13.1. The van der Waals surface area contributed by atoms with Crippen LogP contribution in [0.25, 0.3) is 21.7 Å². The minimum Gasteiger partial charge on any atom is -0.491 e. The fraction of sp³-hybridized carbons (Fsp3) is 0.182. The average molecular weight is 360 g/mol. The smallest absolute Gasteiger partial charge is 0.261 e. The van der Waals surface area contributed by atoms with E-state index in [-0.39, 0.29) is 18.7 Å². The molecular weight excluding hydrogens is 340 g/mol. The number of benzene rings is 3. The molecule has 1 unspecified atom stereocenters. The quantitative estimate of drug-likeness (QED) is 0.593. The highest BCUT2D eigenvalue weighted by Crippen LogP contribution is 2.20. The summed E-state index contributed by atoms with van der Waals surface area (Å²) in [6.45, 7) is 2.00. The van der Waals surface area contributed by atoms with Crippen LogP contribution in [0.2, 0.25) is 0 Å². The second kappa shape index (κ2) is 7.21. The number of hydrogen-bond acceptors (Lipinski definition) is 4. The Morgan fingerprint density at radius 2 is 1.78 bits per heavy atom. The summed E-state index contributed by atoms with van der Waals surface area (Å²) in [4.78, 5) is 17.1. The summed E-state index contributed by atoms with van der Waals surface area (Å²) >= 11 is 0. The van der Waals surface area contributed by atoms with Crippen LogP contribution in [0.4, 0.5) is 0 Å². The molecule has 1 atom stereocenters. The summed E-state index contributed by atoms with van der Waals surface area (Å²) in [6.07, 6.45) is -0.823. The summed E-state index contributed by atoms with van der Waals surface area (Å²) in [5.41, 5.74) is 0.515. The Hall–Kier alpha value is -3.18. The van der Waals surface area contributed by atoms with E-state index in [0.29, 0.717) is 22.5 Å². The van der Waals surface area contributed by atoms with Crippen molar-refractivity contribution in [3.63, 3.8) is 0 Å². The molecule has 0 saturated carbocycles. The highest BCUT2D eigenvalue weighted by Gasteiger charge is 2.13. The van der Waals surface area contributed by atoms with E-state index < -0.39 is 6.10 Å². The van der Waals surface area contributed by atoms with Crippen LogP contribution in [0, 0.1) is 6.92 Å². The third-order valence-corrected chi connectivity index (χ3v) is 4.61. The maximum atomic E-state index is 12.7. The van der Waals surface area contributed by atoms with Gasteiger partial charge in [0.2, 0.25) is 0 Å². The van der Waals surface area contributed by atoms with Crippen molar-refractivity contribution in [2.75, 3.05) is 6.61 Å². The van der Waals surface area contributed by atoms with Crippen LogP contribution in [0.15, 0.2) is 71.5 Å². The van der Waals surface area contributed by atoms with Crippen LogP contribution in [0.3, 0.4) is 0 Å². The maximum Gasteiger partial charge on any atom is 0.261 e. The van der Waals surface area contributed by atoms with E-state index in [9.17, 15) is 9.90 Å². The number of aliphatic hydroxyl groups excluding tert-OH is 1. The zero-order valence-electron chi connectivity index (χ0n) is 15.0. The van der Waals surface area contributed by atoms with Gasteiger partial charge < -0.3 is 9.84 Å². The molecule has 0 amide bonds. The molecule has 0 saturated heterocycles. The second-order valence-electron chi connectivity index (χ2n) is 6.57. The highest BCUT2D eigenvalue weighted by molar-refractivity contribution is 5.83. The van der Waals surface area contributed by atoms with Crippen LogP contribution in [-0.4, -0.2) is 27.4 Å². The van der Waals surface area contributed by atoms with E-state index in [4.69, 9.17) is 4.74 Å². The first kappa shape index (κ1) is 17.2. The Labute approximate surface area is 156 Å². The van der Waals surface area contributed by atoms with Crippen molar-refractivity contribution in [1.29, 1.82) is 0 Å². The van der Waals surface area contributed by atoms with Crippen molar-refractivity contribution in [1.82, 2.24) is 9.55 Å². The molecule has 4 aromatic rings. The van der Waals surface area contributed by atoms with Crippen LogP contribution >= 0.6 is 0 Å². The van der Waals surface area contributed by atoms with Crippen molar-refractivity contribution in [3.8, 4) is 5.75 Å². The van der Waals surface area contributed by atoms with Gasteiger partial charge >= 0.3 is 0 Å². The monoisotopic (exact) mass is 360 g/mol. The van der Waals surface area contributed by atoms with Gasteiger partial charge in [-0.1, -0.05) is 42.5 Å². The predicted octanol–water partition coefficient (Wildman–Crippen LogP) is 3.30. The van der Waals surface area contributed by atoms with Gasteiger partial charge in [-0.05, 0) is 42.0 Å². The second-order valence-corrected chi connectivity index (χ2v) is 6.57. The molecule has 1 heterocycles. The Morgan fingerprint density at radius 3 is 2.63 bits per heavy atom. The van der Waals surface area contributed by atoms with Crippen molar-refractivity contribution in [2.45, 2.75) is 19.6 Å². The molecule has 0 fully saturated rings. The van der Waals surface area contributed by atoms with Gasteiger partial charge in [-0.3, -0.25) is 9.36 Å². The molecule has 0 spiro atoms. The van der Waals surface area contributed by atoms with Crippen LogP contribution < -0.4 is 10.3 Å². The molecule has 0 aliphatic carbocycles. The van der Waals surface area contributed by atoms with E-state index in [1.165, 1.54) is 4.57 Å². The molecular formula is C22H20N2O3. The largest absolute Gasteiger partial charge is 0.491 e. The number of hydrogen-bond donors (Lipinski definition) is 1. The lowest BCUT2D eigenvalue weighted by molar-refractivity contribution is 0.0909. The summed E-state index contributed by atoms with van der Waals surface area (Å²) in [5, 5.41) is 13.1. The summed E-state index contributed by atoms with van der Waals surface area (Å²) in [7, 11) is 0. The third kappa shape index (κ3) is 3.55. The molecule has 0 bridgehead atoms. The lowest BCUT2D eigenvalue weighted by atomic mass is 10.1. The van der Waals surface area contributed by atoms with E-state index in [2.05, 4.69) is 4.98 Å². The minimum absolute atomic E-state index is 0.0943. The molecule has 27 heavy (non-hydrogen) atoms. The number of para-hydroxylation sites is 1. The Morgan fingerprint density at radius 1 is 1.04 bits per heavy atom. The van der Waals surface area contributed by atoms with Crippen molar-refractivity contribution >= 4 is 21.7 Å². The molecule has 3 aromatic carbocycles. The van der Waals surface area contributed by atoms with Gasteiger partial charge in [-0.25, -0.2) is 4.98 Å². The molecule has 4 rings (SSSR count). The Kier molecular flexibility index (Phi) is 4.60. The van der Waals surface area contributed by atoms with Crippen molar-refractivity contribution in [2.24, 2.45) is 0 Å². The lowest BCUT2D eigenvalue weighted by Gasteiger charge is -2.16. The average Bonchev–Trinajstić information content (AvgIpc) is 2.69. The summed E-state index contributed by atoms with van der Waals surface area (Å²) < 4.78 is 7.23. The summed E-state index contributed by atoms with van der Waals surface area (Å²) in [6, 6.07) is 21.0. The molecule has 0 aliphatic heterocycles. The van der Waals surface area contributed by atoms with Crippen LogP contribution in [0.5, 0.6) is 5.75 Å². The fourth-order valence-electron chi connectivity index (χ4n) is 3.21. The van der Waals surface area contributed by atoms with Gasteiger partial charge in [0.15, 0.2) is 0 Å². The third-order valence-electron chi connectivity index (χ3n) is 4.61. The predicted molar refractivity (Wildman–Crippen MR) is 106 cm³/mol. The number of ether oxygens (including phenoxy) is 1. The zero-order valence-corrected chi connectivity index (χ0v) is 15.0. The lowest BCUT2D eigenvalue weighted by Crippen LogP contribution is -2.32. The number of rotatable bonds is 5. The van der Waals surface area contributed by atoms with Gasteiger partial charge in [0, 0.05) is 0 Å². The first-order valence-electron chi connectivity index (χ1n) is 8.88. The van der Waals surface area contributed by atoms with E-state index in [0.717, 1.165) is 10.8 Å². The van der Waals surface area contributed by atoms with Gasteiger partial charge in [0.05, 0.1) is 17.4 Å². The molecule has 5 nitrogen and oxygen atoms in total. The van der Waals surface area contributed by atoms with Gasteiger partial charge in [-0.15, -0.1) is 0 Å². The zero-order chi connectivity index (χ0) is 18.8. The maximum absolute atomic E-state index is 12.7. The molecule has 0 radical (unpaired) electrons. The van der Waals surface area contributed by atoms with E-state index in [1.807, 2.05) is 60.7 Å². The highest BCUT2D eigenvalue weighted by atomic mass is 16.5. The van der Waals surface area contributed by atoms with Gasteiger partial charge in [0.25, 0.3) is 5.56 Å². The van der Waals surface area contributed by atoms with E-state index in [1.54, 1.807) is 13.0 Å². The first-order valence-corrected chi connectivity index (χ1v) is 8.88. The number of fused-ring (bicyclic) bond motifs is 2. The number of aliphatic hydroxyl groups is 1. The minimum atomic E-state index is -0.823. The molecule has 1 aromatic heterocycles. The van der Waals surface area contributed by atoms with Crippen molar-refractivity contribution < 1.29 is 9.84 Å². The standard InChI is InChI=1S/C22H20N2O3/c1-15-23-21-9-5-4-8-20(21)22(26)24(15)13-18(25)14-27-19-11-10-16-6-2-3-7-17(16)12-19/h2-12,18,25H,13-14H2,1H3.